The van der Waals surface area contributed by atoms with Gasteiger partial charge in [-0.3, -0.25) is 4.79 Å². The second-order valence-corrected chi connectivity index (χ2v) is 7.48. The van der Waals surface area contributed by atoms with Crippen LogP contribution in [0.4, 0.5) is 5.69 Å². The van der Waals surface area contributed by atoms with Crippen molar-refractivity contribution in [1.29, 1.82) is 0 Å². The van der Waals surface area contributed by atoms with Crippen molar-refractivity contribution in [3.63, 3.8) is 0 Å². The number of nitrogens with zero attached hydrogens (tertiary/aromatic N) is 1. The van der Waals surface area contributed by atoms with Crippen LogP contribution in [0.2, 0.25) is 5.02 Å². The van der Waals surface area contributed by atoms with Crippen LogP contribution < -0.4 is 10.2 Å². The zero-order chi connectivity index (χ0) is 17.2. The molecule has 1 heterocycles. The maximum atomic E-state index is 12.5. The van der Waals surface area contributed by atoms with Crippen molar-refractivity contribution in [3.05, 3.63) is 64.7 Å². The minimum atomic E-state index is 0.0809. The summed E-state index contributed by atoms with van der Waals surface area (Å²) < 4.78 is 0. The minimum absolute atomic E-state index is 0.0809. The van der Waals surface area contributed by atoms with Crippen LogP contribution in [0.15, 0.2) is 48.5 Å². The van der Waals surface area contributed by atoms with Crippen LogP contribution in [0.1, 0.15) is 36.3 Å². The van der Waals surface area contributed by atoms with E-state index in [1.807, 2.05) is 24.3 Å². The fourth-order valence-corrected chi connectivity index (χ4v) is 4.03. The van der Waals surface area contributed by atoms with E-state index in [1.54, 1.807) is 0 Å². The van der Waals surface area contributed by atoms with E-state index in [0.717, 1.165) is 24.5 Å². The van der Waals surface area contributed by atoms with Crippen molar-refractivity contribution in [1.82, 2.24) is 5.32 Å². The summed E-state index contributed by atoms with van der Waals surface area (Å²) >= 11 is 6.06. The number of rotatable bonds is 5. The molecule has 4 heteroatoms. The highest BCUT2D eigenvalue weighted by atomic mass is 35.5. The number of nitrogens with one attached hydrogen (secondary N) is 1. The number of carbonyl (C=O) groups excluding carboxylic acids is 1. The zero-order valence-electron chi connectivity index (χ0n) is 14.2. The van der Waals surface area contributed by atoms with Crippen molar-refractivity contribution in [3.8, 4) is 0 Å². The highest BCUT2D eigenvalue weighted by Crippen LogP contribution is 2.48. The lowest BCUT2D eigenvalue weighted by atomic mass is 10.1. The van der Waals surface area contributed by atoms with Gasteiger partial charge in [0.15, 0.2) is 0 Å². The van der Waals surface area contributed by atoms with Crippen molar-refractivity contribution >= 4 is 23.2 Å². The Morgan fingerprint density at radius 2 is 1.92 bits per heavy atom. The Kier molecular flexibility index (Phi) is 4.67. The molecule has 1 saturated carbocycles. The van der Waals surface area contributed by atoms with E-state index < -0.39 is 0 Å². The van der Waals surface area contributed by atoms with E-state index in [0.29, 0.717) is 12.5 Å². The van der Waals surface area contributed by atoms with Gasteiger partial charge in [0.2, 0.25) is 5.91 Å². The number of halogens is 1. The van der Waals surface area contributed by atoms with Crippen LogP contribution in [-0.2, 0) is 11.3 Å². The largest absolute Gasteiger partial charge is 0.371 e. The highest BCUT2D eigenvalue weighted by molar-refractivity contribution is 6.30. The summed E-state index contributed by atoms with van der Waals surface area (Å²) in [4.78, 5) is 14.9. The standard InChI is InChI=1S/C21H23ClN2O/c22-17-8-5-7-15(12-17)18-13-19(18)21(25)23-14-16-6-1-2-9-20(16)24-10-3-4-11-24/h1-2,5-9,12,18-19H,3-4,10-11,13-14H2,(H,23,25). The van der Waals surface area contributed by atoms with Gasteiger partial charge in [-0.25, -0.2) is 0 Å². The molecule has 1 saturated heterocycles. The minimum Gasteiger partial charge on any atom is -0.371 e. The molecule has 2 fully saturated rings. The molecule has 25 heavy (non-hydrogen) atoms. The second-order valence-electron chi connectivity index (χ2n) is 7.04. The summed E-state index contributed by atoms with van der Waals surface area (Å²) in [5, 5.41) is 3.88. The quantitative estimate of drug-likeness (QED) is 0.865. The number of amides is 1. The van der Waals surface area contributed by atoms with Gasteiger partial charge in [-0.05, 0) is 54.5 Å². The fraction of sp³-hybridized carbons (Fsp3) is 0.381. The topological polar surface area (TPSA) is 32.3 Å². The van der Waals surface area contributed by atoms with E-state index in [-0.39, 0.29) is 11.8 Å². The van der Waals surface area contributed by atoms with Gasteiger partial charge in [0.25, 0.3) is 0 Å². The lowest BCUT2D eigenvalue weighted by molar-refractivity contribution is -0.122. The first-order chi connectivity index (χ1) is 12.2. The summed E-state index contributed by atoms with van der Waals surface area (Å²) in [5.41, 5.74) is 3.64. The van der Waals surface area contributed by atoms with Gasteiger partial charge in [-0.2, -0.15) is 0 Å². The molecule has 2 unspecified atom stereocenters. The number of para-hydroxylation sites is 1. The average Bonchev–Trinajstić information content (AvgIpc) is 3.25. The van der Waals surface area contributed by atoms with E-state index in [9.17, 15) is 4.79 Å². The third-order valence-corrected chi connectivity index (χ3v) is 5.53. The lowest BCUT2D eigenvalue weighted by Gasteiger charge is -2.21. The van der Waals surface area contributed by atoms with Gasteiger partial charge < -0.3 is 10.2 Å². The SMILES string of the molecule is O=C(NCc1ccccc1N1CCCC1)C1CC1c1cccc(Cl)c1. The van der Waals surface area contributed by atoms with Gasteiger partial charge in [0.1, 0.15) is 0 Å². The molecular weight excluding hydrogens is 332 g/mol. The number of hydrogen-bond donors (Lipinski definition) is 1. The molecule has 3 nitrogen and oxygen atoms in total. The summed E-state index contributed by atoms with van der Waals surface area (Å²) in [6.45, 7) is 2.83. The molecule has 2 aromatic carbocycles. The fourth-order valence-electron chi connectivity index (χ4n) is 3.83. The molecule has 0 bridgehead atoms. The molecule has 1 aliphatic carbocycles. The van der Waals surface area contributed by atoms with E-state index >= 15 is 0 Å². The predicted molar refractivity (Wildman–Crippen MR) is 102 cm³/mol. The van der Waals surface area contributed by atoms with Gasteiger partial charge in [-0.15, -0.1) is 0 Å². The molecular formula is C21H23ClN2O. The van der Waals surface area contributed by atoms with Crippen LogP contribution in [0.3, 0.4) is 0 Å². The monoisotopic (exact) mass is 354 g/mol. The average molecular weight is 355 g/mol. The Labute approximate surface area is 154 Å². The highest BCUT2D eigenvalue weighted by Gasteiger charge is 2.43. The smallest absolute Gasteiger partial charge is 0.224 e. The van der Waals surface area contributed by atoms with E-state index in [2.05, 4.69) is 34.5 Å². The molecule has 130 valence electrons. The van der Waals surface area contributed by atoms with Gasteiger partial charge in [0.05, 0.1) is 0 Å². The summed E-state index contributed by atoms with van der Waals surface area (Å²) in [5.74, 6) is 0.547. The maximum absolute atomic E-state index is 12.5. The first kappa shape index (κ1) is 16.5. The van der Waals surface area contributed by atoms with Gasteiger partial charge in [0, 0.05) is 36.3 Å². The third kappa shape index (κ3) is 3.67. The maximum Gasteiger partial charge on any atom is 0.224 e. The van der Waals surface area contributed by atoms with E-state index in [1.165, 1.54) is 29.7 Å². The Balaban J connectivity index is 1.37. The molecule has 2 aliphatic rings. The summed E-state index contributed by atoms with van der Waals surface area (Å²) in [6.07, 6.45) is 3.42. The molecule has 0 radical (unpaired) electrons. The second kappa shape index (κ2) is 7.09. The Hall–Kier alpha value is -2.00. The van der Waals surface area contributed by atoms with Crippen molar-refractivity contribution in [2.75, 3.05) is 18.0 Å². The van der Waals surface area contributed by atoms with Crippen LogP contribution >= 0.6 is 11.6 Å². The molecule has 1 amide bonds. The first-order valence-corrected chi connectivity index (χ1v) is 9.46. The molecule has 4 rings (SSSR count). The van der Waals surface area contributed by atoms with E-state index in [4.69, 9.17) is 11.6 Å². The van der Waals surface area contributed by atoms with Crippen LogP contribution in [0, 0.1) is 5.92 Å². The normalized spacial score (nSPS) is 22.0. The third-order valence-electron chi connectivity index (χ3n) is 5.30. The Bertz CT molecular complexity index is 770. The Morgan fingerprint density at radius 1 is 1.12 bits per heavy atom. The van der Waals surface area contributed by atoms with Crippen LogP contribution in [-0.4, -0.2) is 19.0 Å². The van der Waals surface area contributed by atoms with Gasteiger partial charge in [-0.1, -0.05) is 41.9 Å². The number of anilines is 1. The summed E-state index contributed by atoms with van der Waals surface area (Å²) in [6, 6.07) is 16.3. The molecule has 1 N–H and O–H groups in total. The molecule has 2 atom stereocenters. The molecule has 0 aromatic heterocycles. The number of hydrogen-bond acceptors (Lipinski definition) is 2. The van der Waals surface area contributed by atoms with Crippen molar-refractivity contribution in [2.24, 2.45) is 5.92 Å². The van der Waals surface area contributed by atoms with Crippen molar-refractivity contribution in [2.45, 2.75) is 31.7 Å². The molecule has 2 aromatic rings. The van der Waals surface area contributed by atoms with Crippen molar-refractivity contribution < 1.29 is 4.79 Å². The lowest BCUT2D eigenvalue weighted by Crippen LogP contribution is -2.27. The Morgan fingerprint density at radius 3 is 2.72 bits per heavy atom. The summed E-state index contributed by atoms with van der Waals surface area (Å²) in [7, 11) is 0. The van der Waals surface area contributed by atoms with Gasteiger partial charge >= 0.3 is 0 Å². The van der Waals surface area contributed by atoms with Crippen LogP contribution in [0.5, 0.6) is 0 Å². The zero-order valence-corrected chi connectivity index (χ0v) is 15.0. The first-order valence-electron chi connectivity index (χ1n) is 9.08. The molecule has 1 aliphatic heterocycles. The predicted octanol–water partition coefficient (Wildman–Crippen LogP) is 4.36. The van der Waals surface area contributed by atoms with Crippen LogP contribution in [0.25, 0.3) is 0 Å². The number of benzene rings is 2. The number of carbonyl (C=O) groups is 1. The molecule has 0 spiro atoms.